The van der Waals surface area contributed by atoms with Gasteiger partial charge in [-0.1, -0.05) is 35.9 Å². The summed E-state index contributed by atoms with van der Waals surface area (Å²) in [6, 6.07) is 12.7. The van der Waals surface area contributed by atoms with Gasteiger partial charge in [0.2, 0.25) is 0 Å². The van der Waals surface area contributed by atoms with Crippen molar-refractivity contribution in [2.75, 3.05) is 5.32 Å². The lowest BCUT2D eigenvalue weighted by Gasteiger charge is -2.08. The zero-order chi connectivity index (χ0) is 14.8. The van der Waals surface area contributed by atoms with Gasteiger partial charge in [-0.05, 0) is 30.7 Å². The molecule has 3 rings (SSSR count). The highest BCUT2D eigenvalue weighted by molar-refractivity contribution is 6.35. The Morgan fingerprint density at radius 3 is 2.81 bits per heavy atom. The molecule has 1 amide bonds. The van der Waals surface area contributed by atoms with E-state index in [0.717, 1.165) is 10.9 Å². The van der Waals surface area contributed by atoms with Gasteiger partial charge >= 0.3 is 0 Å². The van der Waals surface area contributed by atoms with Gasteiger partial charge in [-0.25, -0.2) is 9.97 Å². The molecule has 0 unspecified atom stereocenters. The number of halogens is 1. The maximum absolute atomic E-state index is 12.3. The maximum atomic E-state index is 12.3. The van der Waals surface area contributed by atoms with Crippen molar-refractivity contribution >= 4 is 34.2 Å². The van der Waals surface area contributed by atoms with Crippen molar-refractivity contribution in [3.8, 4) is 0 Å². The molecule has 0 aliphatic carbocycles. The Morgan fingerprint density at radius 2 is 2.00 bits per heavy atom. The molecule has 21 heavy (non-hydrogen) atoms. The van der Waals surface area contributed by atoms with E-state index >= 15 is 0 Å². The zero-order valence-electron chi connectivity index (χ0n) is 11.3. The van der Waals surface area contributed by atoms with Crippen LogP contribution in [0.25, 0.3) is 10.9 Å². The summed E-state index contributed by atoms with van der Waals surface area (Å²) in [4.78, 5) is 20.8. The standard InChI is InChI=1S/C16H12ClN3O/c1-10-5-4-8-18-15(10)20-16(21)14-9-12(17)11-6-2-3-7-13(11)19-14/h2-9H,1H3,(H,18,20,21). The highest BCUT2D eigenvalue weighted by Crippen LogP contribution is 2.23. The summed E-state index contributed by atoms with van der Waals surface area (Å²) in [6.07, 6.45) is 1.63. The Morgan fingerprint density at radius 1 is 1.19 bits per heavy atom. The predicted molar refractivity (Wildman–Crippen MR) is 83.7 cm³/mol. The van der Waals surface area contributed by atoms with Crippen LogP contribution in [0.1, 0.15) is 16.1 Å². The van der Waals surface area contributed by atoms with E-state index < -0.39 is 0 Å². The fraction of sp³-hybridized carbons (Fsp3) is 0.0625. The molecule has 2 aromatic heterocycles. The molecule has 3 aromatic rings. The number of anilines is 1. The van der Waals surface area contributed by atoms with Crippen molar-refractivity contribution in [3.05, 3.63) is 64.9 Å². The molecule has 0 spiro atoms. The van der Waals surface area contributed by atoms with Crippen LogP contribution in [-0.4, -0.2) is 15.9 Å². The molecule has 0 atom stereocenters. The van der Waals surface area contributed by atoms with Crippen molar-refractivity contribution in [2.24, 2.45) is 0 Å². The highest BCUT2D eigenvalue weighted by atomic mass is 35.5. The fourth-order valence-corrected chi connectivity index (χ4v) is 2.30. The number of aryl methyl sites for hydroxylation is 1. The molecule has 5 heteroatoms. The third kappa shape index (κ3) is 2.71. The van der Waals surface area contributed by atoms with Crippen molar-refractivity contribution in [3.63, 3.8) is 0 Å². The second-order valence-corrected chi connectivity index (χ2v) is 5.04. The maximum Gasteiger partial charge on any atom is 0.275 e. The molecule has 104 valence electrons. The summed E-state index contributed by atoms with van der Waals surface area (Å²) in [5.74, 6) is 0.193. The number of fused-ring (bicyclic) bond motifs is 1. The summed E-state index contributed by atoms with van der Waals surface area (Å²) in [6.45, 7) is 1.88. The zero-order valence-corrected chi connectivity index (χ0v) is 12.1. The van der Waals surface area contributed by atoms with Crippen LogP contribution in [0.3, 0.4) is 0 Å². The average Bonchev–Trinajstić information content (AvgIpc) is 2.49. The summed E-state index contributed by atoms with van der Waals surface area (Å²) in [5.41, 5.74) is 1.84. The molecule has 0 aliphatic rings. The van der Waals surface area contributed by atoms with E-state index in [-0.39, 0.29) is 11.6 Å². The van der Waals surface area contributed by atoms with Gasteiger partial charge in [0, 0.05) is 11.6 Å². The molecular formula is C16H12ClN3O. The number of aromatic nitrogens is 2. The quantitative estimate of drug-likeness (QED) is 0.782. The van der Waals surface area contributed by atoms with Crippen LogP contribution in [-0.2, 0) is 0 Å². The van der Waals surface area contributed by atoms with Crippen LogP contribution in [0.4, 0.5) is 5.82 Å². The first-order valence-electron chi connectivity index (χ1n) is 6.43. The Kier molecular flexibility index (Phi) is 3.54. The number of carbonyl (C=O) groups excluding carboxylic acids is 1. The minimum absolute atomic E-state index is 0.267. The Bertz CT molecular complexity index is 833. The Labute approximate surface area is 126 Å². The van der Waals surface area contributed by atoms with E-state index in [4.69, 9.17) is 11.6 Å². The minimum atomic E-state index is -0.329. The van der Waals surface area contributed by atoms with E-state index in [1.165, 1.54) is 0 Å². The van der Waals surface area contributed by atoms with Gasteiger partial charge in [0.15, 0.2) is 0 Å². The summed E-state index contributed by atoms with van der Waals surface area (Å²) in [5, 5.41) is 4.07. The number of nitrogens with one attached hydrogen (secondary N) is 1. The third-order valence-corrected chi connectivity index (χ3v) is 3.45. The normalized spacial score (nSPS) is 10.6. The molecule has 2 heterocycles. The van der Waals surface area contributed by atoms with Crippen molar-refractivity contribution in [1.82, 2.24) is 9.97 Å². The first-order valence-corrected chi connectivity index (χ1v) is 6.81. The van der Waals surface area contributed by atoms with Gasteiger partial charge in [0.1, 0.15) is 11.5 Å². The average molecular weight is 298 g/mol. The molecule has 4 nitrogen and oxygen atoms in total. The van der Waals surface area contributed by atoms with Crippen LogP contribution in [0.5, 0.6) is 0 Å². The predicted octanol–water partition coefficient (Wildman–Crippen LogP) is 3.84. The van der Waals surface area contributed by atoms with Crippen LogP contribution in [0.2, 0.25) is 5.02 Å². The van der Waals surface area contributed by atoms with Gasteiger partial charge in [-0.2, -0.15) is 0 Å². The number of amides is 1. The second kappa shape index (κ2) is 5.50. The van der Waals surface area contributed by atoms with Gasteiger partial charge in [-0.15, -0.1) is 0 Å². The molecule has 0 radical (unpaired) electrons. The molecule has 0 fully saturated rings. The van der Waals surface area contributed by atoms with E-state index in [1.807, 2.05) is 43.3 Å². The van der Waals surface area contributed by atoms with Crippen LogP contribution in [0.15, 0.2) is 48.7 Å². The number of hydrogen-bond donors (Lipinski definition) is 1. The lowest BCUT2D eigenvalue weighted by molar-refractivity contribution is 0.102. The summed E-state index contributed by atoms with van der Waals surface area (Å²) >= 11 is 6.20. The van der Waals surface area contributed by atoms with E-state index in [0.29, 0.717) is 16.4 Å². The highest BCUT2D eigenvalue weighted by Gasteiger charge is 2.12. The Hall–Kier alpha value is -2.46. The number of benzene rings is 1. The first kappa shape index (κ1) is 13.5. The van der Waals surface area contributed by atoms with Gasteiger partial charge in [0.05, 0.1) is 10.5 Å². The molecule has 0 saturated heterocycles. The smallest absolute Gasteiger partial charge is 0.275 e. The molecule has 1 aromatic carbocycles. The fourth-order valence-electron chi connectivity index (χ4n) is 2.04. The number of carbonyl (C=O) groups is 1. The number of hydrogen-bond acceptors (Lipinski definition) is 3. The topological polar surface area (TPSA) is 54.9 Å². The lowest BCUT2D eigenvalue weighted by atomic mass is 10.2. The van der Waals surface area contributed by atoms with Gasteiger partial charge < -0.3 is 5.32 Å². The number of pyridine rings is 2. The SMILES string of the molecule is Cc1cccnc1NC(=O)c1cc(Cl)c2ccccc2n1. The minimum Gasteiger partial charge on any atom is -0.305 e. The van der Waals surface area contributed by atoms with Crippen molar-refractivity contribution in [2.45, 2.75) is 6.92 Å². The van der Waals surface area contributed by atoms with E-state index in [2.05, 4.69) is 15.3 Å². The molecule has 0 saturated carbocycles. The molecule has 1 N–H and O–H groups in total. The largest absolute Gasteiger partial charge is 0.305 e. The van der Waals surface area contributed by atoms with E-state index in [1.54, 1.807) is 12.3 Å². The van der Waals surface area contributed by atoms with Crippen LogP contribution < -0.4 is 5.32 Å². The van der Waals surface area contributed by atoms with Crippen LogP contribution in [0, 0.1) is 6.92 Å². The molecule has 0 aliphatic heterocycles. The Balaban J connectivity index is 1.97. The number of para-hydroxylation sites is 1. The monoisotopic (exact) mass is 297 g/mol. The first-order chi connectivity index (χ1) is 10.1. The van der Waals surface area contributed by atoms with E-state index in [9.17, 15) is 4.79 Å². The number of nitrogens with zero attached hydrogens (tertiary/aromatic N) is 2. The van der Waals surface area contributed by atoms with Gasteiger partial charge in [-0.3, -0.25) is 4.79 Å². The molecular weight excluding hydrogens is 286 g/mol. The van der Waals surface area contributed by atoms with Crippen molar-refractivity contribution < 1.29 is 4.79 Å². The summed E-state index contributed by atoms with van der Waals surface area (Å²) in [7, 11) is 0. The second-order valence-electron chi connectivity index (χ2n) is 4.63. The third-order valence-electron chi connectivity index (χ3n) is 3.14. The molecule has 0 bridgehead atoms. The van der Waals surface area contributed by atoms with Gasteiger partial charge in [0.25, 0.3) is 5.91 Å². The lowest BCUT2D eigenvalue weighted by Crippen LogP contribution is -2.15. The number of rotatable bonds is 2. The summed E-state index contributed by atoms with van der Waals surface area (Å²) < 4.78 is 0. The van der Waals surface area contributed by atoms with Crippen LogP contribution >= 0.6 is 11.6 Å². The van der Waals surface area contributed by atoms with Crippen molar-refractivity contribution in [1.29, 1.82) is 0 Å².